The molecule has 0 aliphatic rings. The highest BCUT2D eigenvalue weighted by molar-refractivity contribution is 7.88. The van der Waals surface area contributed by atoms with Crippen molar-refractivity contribution < 1.29 is 14.2 Å². The zero-order valence-electron chi connectivity index (χ0n) is 11.4. The fourth-order valence-electron chi connectivity index (χ4n) is 1.64. The molecule has 0 fully saturated rings. The Hall–Kier alpha value is -1.53. The first kappa shape index (κ1) is 16.5. The Morgan fingerprint density at radius 1 is 1.35 bits per heavy atom. The maximum absolute atomic E-state index is 11.9. The third kappa shape index (κ3) is 5.63. The van der Waals surface area contributed by atoms with Crippen LogP contribution >= 0.6 is 0 Å². The molecule has 0 saturated carbocycles. The molecule has 0 radical (unpaired) electrons. The lowest BCUT2D eigenvalue weighted by Gasteiger charge is -2.04. The third-order valence-corrected chi connectivity index (χ3v) is 3.95. The third-order valence-electron chi connectivity index (χ3n) is 2.81. The van der Waals surface area contributed by atoms with Gasteiger partial charge in [0.05, 0.1) is 21.8 Å². The van der Waals surface area contributed by atoms with Gasteiger partial charge < -0.3 is 5.11 Å². The van der Waals surface area contributed by atoms with Crippen molar-refractivity contribution >= 4 is 16.5 Å². The maximum Gasteiger partial charge on any atom is 0.269 e. The molecule has 0 saturated heterocycles. The number of rotatable bonds is 8. The summed E-state index contributed by atoms with van der Waals surface area (Å²) in [6, 6.07) is 5.56. The average molecular weight is 297 g/mol. The monoisotopic (exact) mass is 297 g/mol. The van der Waals surface area contributed by atoms with Crippen LogP contribution in [0.15, 0.2) is 40.6 Å². The lowest BCUT2D eigenvalue weighted by Crippen LogP contribution is -2.02. The summed E-state index contributed by atoms with van der Waals surface area (Å²) in [7, 11) is -1.40. The van der Waals surface area contributed by atoms with Gasteiger partial charge in [-0.2, -0.15) is 0 Å². The van der Waals surface area contributed by atoms with E-state index in [1.54, 1.807) is 0 Å². The summed E-state index contributed by atoms with van der Waals surface area (Å²) in [4.78, 5) is 10.5. The molecule has 1 aromatic rings. The number of nitro groups is 1. The first-order chi connectivity index (χ1) is 9.54. The molecule has 110 valence electrons. The van der Waals surface area contributed by atoms with E-state index in [0.29, 0.717) is 11.3 Å². The molecule has 1 N–H and O–H groups in total. The van der Waals surface area contributed by atoms with Crippen molar-refractivity contribution in [1.29, 1.82) is 0 Å². The van der Waals surface area contributed by atoms with Crippen molar-refractivity contribution in [2.45, 2.75) is 43.6 Å². The van der Waals surface area contributed by atoms with E-state index in [-0.39, 0.29) is 5.69 Å². The summed E-state index contributed by atoms with van der Waals surface area (Å²) in [5.74, 6) is 0. The van der Waals surface area contributed by atoms with Crippen molar-refractivity contribution in [1.82, 2.24) is 0 Å². The zero-order valence-corrected chi connectivity index (χ0v) is 12.2. The van der Waals surface area contributed by atoms with Gasteiger partial charge >= 0.3 is 0 Å². The molecule has 0 aliphatic carbocycles. The Balaban J connectivity index is 2.55. The van der Waals surface area contributed by atoms with E-state index in [0.717, 1.165) is 19.3 Å². The van der Waals surface area contributed by atoms with Crippen LogP contribution in [0, 0.1) is 10.1 Å². The number of nitrogens with zero attached hydrogens (tertiary/aromatic N) is 1. The number of aliphatic hydroxyl groups is 1. The van der Waals surface area contributed by atoms with Gasteiger partial charge in [0.15, 0.2) is 0 Å². The molecule has 2 atom stereocenters. The van der Waals surface area contributed by atoms with E-state index >= 15 is 0 Å². The molecule has 0 aliphatic heterocycles. The van der Waals surface area contributed by atoms with Crippen molar-refractivity contribution in [3.63, 3.8) is 0 Å². The van der Waals surface area contributed by atoms with Gasteiger partial charge in [0.1, 0.15) is 0 Å². The Bertz CT molecular complexity index is 484. The Morgan fingerprint density at radius 2 is 2.00 bits per heavy atom. The summed E-state index contributed by atoms with van der Waals surface area (Å²) < 4.78 is 11.9. The number of non-ortho nitro benzene ring substituents is 1. The molecule has 0 bridgehead atoms. The number of benzene rings is 1. The molecular formula is C14H19NO4S. The number of nitro benzene ring substituents is 1. The molecule has 0 heterocycles. The number of hydrogen-bond donors (Lipinski definition) is 1. The van der Waals surface area contributed by atoms with Crippen LogP contribution in [0.4, 0.5) is 5.69 Å². The van der Waals surface area contributed by atoms with Gasteiger partial charge in [-0.25, -0.2) is 4.21 Å². The highest BCUT2D eigenvalue weighted by atomic mass is 32.2. The van der Waals surface area contributed by atoms with Crippen molar-refractivity contribution in [3.05, 3.63) is 45.9 Å². The van der Waals surface area contributed by atoms with Crippen molar-refractivity contribution in [3.8, 4) is 0 Å². The second-order valence-corrected chi connectivity index (χ2v) is 5.78. The first-order valence-corrected chi connectivity index (χ1v) is 7.77. The minimum absolute atomic E-state index is 0.0330. The number of aliphatic hydroxyl groups excluding tert-OH is 1. The molecule has 0 spiro atoms. The van der Waals surface area contributed by atoms with Gasteiger partial charge in [0, 0.05) is 22.4 Å². The second kappa shape index (κ2) is 8.60. The highest BCUT2D eigenvalue weighted by Gasteiger charge is 2.07. The van der Waals surface area contributed by atoms with Gasteiger partial charge in [-0.05, 0) is 24.6 Å². The van der Waals surface area contributed by atoms with E-state index in [1.807, 2.05) is 0 Å². The van der Waals surface area contributed by atoms with Gasteiger partial charge in [-0.3, -0.25) is 10.1 Å². The summed E-state index contributed by atoms with van der Waals surface area (Å²) in [6.45, 7) is 2.09. The van der Waals surface area contributed by atoms with Gasteiger partial charge in [0.2, 0.25) is 0 Å². The van der Waals surface area contributed by atoms with Gasteiger partial charge in [0.25, 0.3) is 5.69 Å². The summed E-state index contributed by atoms with van der Waals surface area (Å²) in [5, 5.41) is 21.6. The van der Waals surface area contributed by atoms with Crippen LogP contribution in [0.2, 0.25) is 0 Å². The summed E-state index contributed by atoms with van der Waals surface area (Å²) >= 11 is 0. The second-order valence-electron chi connectivity index (χ2n) is 4.44. The molecule has 2 unspecified atom stereocenters. The van der Waals surface area contributed by atoms with Crippen LogP contribution in [-0.2, 0) is 10.8 Å². The summed E-state index contributed by atoms with van der Waals surface area (Å²) in [6.07, 6.45) is 4.67. The molecule has 0 amide bonds. The minimum atomic E-state index is -1.40. The molecule has 5 nitrogen and oxygen atoms in total. The van der Waals surface area contributed by atoms with Crippen LogP contribution in [0.25, 0.3) is 0 Å². The SMILES string of the molecule is CCCCCC(O)/C=C\S(=O)c1ccc([N+](=O)[O-])cc1. The van der Waals surface area contributed by atoms with Gasteiger partial charge in [-0.1, -0.05) is 26.2 Å². The zero-order chi connectivity index (χ0) is 15.0. The molecule has 1 rings (SSSR count). The van der Waals surface area contributed by atoms with E-state index < -0.39 is 21.8 Å². The Labute approximate surface area is 120 Å². The van der Waals surface area contributed by atoms with Crippen LogP contribution in [-0.4, -0.2) is 20.3 Å². The quantitative estimate of drug-likeness (QED) is 0.454. The van der Waals surface area contributed by atoms with E-state index in [4.69, 9.17) is 0 Å². The first-order valence-electron chi connectivity index (χ1n) is 6.56. The van der Waals surface area contributed by atoms with Crippen LogP contribution in [0.1, 0.15) is 32.6 Å². The predicted molar refractivity (Wildman–Crippen MR) is 78.8 cm³/mol. The molecule has 0 aromatic heterocycles. The lowest BCUT2D eigenvalue weighted by atomic mass is 10.1. The molecular weight excluding hydrogens is 278 g/mol. The highest BCUT2D eigenvalue weighted by Crippen LogP contribution is 2.15. The minimum Gasteiger partial charge on any atom is -0.389 e. The molecule has 6 heteroatoms. The lowest BCUT2D eigenvalue weighted by molar-refractivity contribution is -0.384. The largest absolute Gasteiger partial charge is 0.389 e. The van der Waals surface area contributed by atoms with E-state index in [2.05, 4.69) is 6.92 Å². The topological polar surface area (TPSA) is 80.4 Å². The van der Waals surface area contributed by atoms with Gasteiger partial charge in [-0.15, -0.1) is 0 Å². The van der Waals surface area contributed by atoms with E-state index in [9.17, 15) is 19.4 Å². The number of unbranched alkanes of at least 4 members (excludes halogenated alkanes) is 2. The van der Waals surface area contributed by atoms with Crippen molar-refractivity contribution in [2.24, 2.45) is 0 Å². The predicted octanol–water partition coefficient (Wildman–Crippen LogP) is 3.16. The summed E-state index contributed by atoms with van der Waals surface area (Å²) in [5.41, 5.74) is -0.0330. The number of hydrogen-bond acceptors (Lipinski definition) is 4. The molecule has 20 heavy (non-hydrogen) atoms. The average Bonchev–Trinajstić information content (AvgIpc) is 2.45. The normalized spacial score (nSPS) is 14.3. The van der Waals surface area contributed by atoms with Crippen LogP contribution in [0.3, 0.4) is 0 Å². The van der Waals surface area contributed by atoms with E-state index in [1.165, 1.54) is 35.7 Å². The smallest absolute Gasteiger partial charge is 0.269 e. The van der Waals surface area contributed by atoms with Crippen LogP contribution in [0.5, 0.6) is 0 Å². The fraction of sp³-hybridized carbons (Fsp3) is 0.429. The fourth-order valence-corrected chi connectivity index (χ4v) is 2.53. The van der Waals surface area contributed by atoms with Crippen molar-refractivity contribution in [2.75, 3.05) is 0 Å². The standard InChI is InChI=1S/C14H19NO4S/c1-2-3-4-5-13(16)10-11-20(19)14-8-6-12(7-9-14)15(17)18/h6-11,13,16H,2-5H2,1H3/b11-10-. The Morgan fingerprint density at radius 3 is 2.55 bits per heavy atom. The maximum atomic E-state index is 11.9. The van der Waals surface area contributed by atoms with Crippen LogP contribution < -0.4 is 0 Å². The Kier molecular flexibility index (Phi) is 7.11. The molecule has 1 aromatic carbocycles.